The molecule has 2 rings (SSSR count). The number of alkyl halides is 6. The molecule has 0 unspecified atom stereocenters. The number of carbonyl (C=O) groups is 1. The van der Waals surface area contributed by atoms with Gasteiger partial charge in [0, 0.05) is 11.0 Å². The highest BCUT2D eigenvalue weighted by atomic mass is 32.3. The molecule has 29 heavy (non-hydrogen) atoms. The second-order valence-corrected chi connectivity index (χ2v) is 9.71. The summed E-state index contributed by atoms with van der Waals surface area (Å²) in [6.45, 7) is 3.95. The van der Waals surface area contributed by atoms with Crippen molar-refractivity contribution in [3.05, 3.63) is 29.3 Å². The predicted molar refractivity (Wildman–Crippen MR) is 85.6 cm³/mol. The molecule has 0 fully saturated rings. The number of rotatable bonds is 2. The van der Waals surface area contributed by atoms with Crippen molar-refractivity contribution in [2.24, 2.45) is 5.41 Å². The molecule has 0 saturated carbocycles. The number of aromatic hydroxyl groups is 1. The van der Waals surface area contributed by atoms with Crippen LogP contribution in [0.1, 0.15) is 36.2 Å². The van der Waals surface area contributed by atoms with E-state index in [0.29, 0.717) is 0 Å². The zero-order valence-electron chi connectivity index (χ0n) is 14.6. The Labute approximate surface area is 161 Å². The average molecular weight is 472 g/mol. The molecule has 0 aliphatic heterocycles. The number of carbonyl (C=O) groups excluding carboxylic acids is 1. The first kappa shape index (κ1) is 25.2. The van der Waals surface area contributed by atoms with Crippen molar-refractivity contribution in [3.8, 4) is 5.75 Å². The van der Waals surface area contributed by atoms with E-state index in [2.05, 4.69) is 0 Å². The fourth-order valence-electron chi connectivity index (χ4n) is 2.13. The monoisotopic (exact) mass is 472 g/mol. The fourth-order valence-corrected chi connectivity index (χ4v) is 3.69. The molecule has 166 valence electrons. The molecule has 0 aromatic heterocycles. The molecule has 7 nitrogen and oxygen atoms in total. The summed E-state index contributed by atoms with van der Waals surface area (Å²) in [6, 6.07) is 5.01. The van der Waals surface area contributed by atoms with Gasteiger partial charge < -0.3 is 5.11 Å². The molecule has 0 radical (unpaired) electrons. The third kappa shape index (κ3) is 5.82. The van der Waals surface area contributed by atoms with Crippen LogP contribution in [-0.4, -0.2) is 38.7 Å². The van der Waals surface area contributed by atoms with Gasteiger partial charge in [-0.1, -0.05) is 13.8 Å². The maximum atomic E-state index is 12.0. The molecule has 1 aliphatic rings. The van der Waals surface area contributed by atoms with Crippen LogP contribution in [0, 0.1) is 5.41 Å². The molecule has 0 spiro atoms. The molecule has 1 aromatic rings. The van der Waals surface area contributed by atoms with Crippen LogP contribution in [-0.2, 0) is 30.3 Å². The minimum Gasteiger partial charge on any atom is -0.508 e. The molecule has 0 atom stereocenters. The van der Waals surface area contributed by atoms with Gasteiger partial charge in [-0.15, -0.1) is 3.63 Å². The van der Waals surface area contributed by atoms with Gasteiger partial charge in [-0.3, -0.25) is 4.79 Å². The van der Waals surface area contributed by atoms with Crippen LogP contribution in [0.5, 0.6) is 5.75 Å². The highest BCUT2D eigenvalue weighted by Crippen LogP contribution is 2.35. The average Bonchev–Trinajstić information content (AvgIpc) is 2.49. The summed E-state index contributed by atoms with van der Waals surface area (Å²) in [4.78, 5) is 12.0. The van der Waals surface area contributed by atoms with Gasteiger partial charge in [0.15, 0.2) is 5.78 Å². The molecule has 0 amide bonds. The highest BCUT2D eigenvalue weighted by molar-refractivity contribution is 8.00. The number of hydrogen-bond donors (Lipinski definition) is 1. The molecule has 0 bridgehead atoms. The summed E-state index contributed by atoms with van der Waals surface area (Å²) in [5.74, 6) is 0.440. The Morgan fingerprint density at radius 1 is 0.966 bits per heavy atom. The maximum Gasteiger partial charge on any atom is 0.524 e. The first-order valence-corrected chi connectivity index (χ1v) is 10.2. The third-order valence-corrected chi connectivity index (χ3v) is 6.28. The van der Waals surface area contributed by atoms with Gasteiger partial charge in [0.2, 0.25) is 0 Å². The zero-order chi connectivity index (χ0) is 23.1. The normalized spacial score (nSPS) is 17.2. The molecule has 1 aliphatic carbocycles. The zero-order valence-corrected chi connectivity index (χ0v) is 16.3. The first-order chi connectivity index (χ1) is 12.7. The number of Topliss-reactive ketones (excluding diaryl/α,β-unsaturated/α-hetero) is 1. The number of phenols is 1. The number of phenolic OH excluding ortho intramolecular Hbond substituents is 1. The predicted octanol–water partition coefficient (Wildman–Crippen LogP) is 3.25. The van der Waals surface area contributed by atoms with Crippen molar-refractivity contribution in [1.29, 1.82) is 0 Å². The second kappa shape index (κ2) is 7.75. The van der Waals surface area contributed by atoms with E-state index in [0.717, 1.165) is 24.0 Å². The second-order valence-electron chi connectivity index (χ2n) is 6.42. The molecular formula is C14H14F6O7S2. The van der Waals surface area contributed by atoms with E-state index in [9.17, 15) is 53.1 Å². The summed E-state index contributed by atoms with van der Waals surface area (Å²) in [6.07, 6.45) is 1.74. The maximum absolute atomic E-state index is 12.0. The number of benzene rings is 1. The van der Waals surface area contributed by atoms with Crippen LogP contribution in [0.3, 0.4) is 0 Å². The lowest BCUT2D eigenvalue weighted by atomic mass is 9.73. The Kier molecular flexibility index (Phi) is 6.73. The Hall–Kier alpha value is -1.87. The molecule has 1 aromatic carbocycles. The number of ketones is 1. The van der Waals surface area contributed by atoms with Crippen LogP contribution < -0.4 is 0 Å². The van der Waals surface area contributed by atoms with E-state index in [-0.39, 0.29) is 16.9 Å². The summed E-state index contributed by atoms with van der Waals surface area (Å²) >= 11 is 0. The van der Waals surface area contributed by atoms with Crippen LogP contribution in [0.25, 0.3) is 0 Å². The van der Waals surface area contributed by atoms with E-state index >= 15 is 0 Å². The molecular weight excluding hydrogens is 458 g/mol. The van der Waals surface area contributed by atoms with E-state index in [1.807, 2.05) is 17.5 Å². The van der Waals surface area contributed by atoms with Crippen molar-refractivity contribution in [2.45, 2.75) is 37.7 Å². The van der Waals surface area contributed by atoms with Gasteiger partial charge in [-0.05, 0) is 36.6 Å². The first-order valence-electron chi connectivity index (χ1n) is 7.42. The number of halogens is 6. The SMILES string of the molecule is CC1(C)CCc2cc(O)ccc2C1=O.O=S(=O)(OS(=O)(=O)C(F)(F)F)C(F)(F)F. The Morgan fingerprint density at radius 3 is 1.83 bits per heavy atom. The van der Waals surface area contributed by atoms with Crippen molar-refractivity contribution < 1.29 is 56.7 Å². The van der Waals surface area contributed by atoms with Crippen molar-refractivity contribution >= 4 is 26.0 Å². The lowest BCUT2D eigenvalue weighted by Gasteiger charge is -2.29. The molecule has 0 saturated heterocycles. The lowest BCUT2D eigenvalue weighted by Crippen LogP contribution is -2.34. The Morgan fingerprint density at radius 2 is 1.41 bits per heavy atom. The molecule has 15 heteroatoms. The van der Waals surface area contributed by atoms with Crippen molar-refractivity contribution in [1.82, 2.24) is 0 Å². The summed E-state index contributed by atoms with van der Waals surface area (Å²) < 4.78 is 110. The van der Waals surface area contributed by atoms with Gasteiger partial charge in [0.25, 0.3) is 0 Å². The van der Waals surface area contributed by atoms with E-state index in [4.69, 9.17) is 0 Å². The van der Waals surface area contributed by atoms with Crippen molar-refractivity contribution in [3.63, 3.8) is 0 Å². The number of hydrogen-bond acceptors (Lipinski definition) is 7. The van der Waals surface area contributed by atoms with Gasteiger partial charge in [0.05, 0.1) is 0 Å². The van der Waals surface area contributed by atoms with Gasteiger partial charge in [-0.2, -0.15) is 43.2 Å². The minimum atomic E-state index is -6.85. The lowest BCUT2D eigenvalue weighted by molar-refractivity contribution is -0.0585. The van der Waals surface area contributed by atoms with Gasteiger partial charge >= 0.3 is 31.3 Å². The van der Waals surface area contributed by atoms with Crippen LogP contribution in [0.2, 0.25) is 0 Å². The van der Waals surface area contributed by atoms with Crippen LogP contribution >= 0.6 is 0 Å². The summed E-state index contributed by atoms with van der Waals surface area (Å²) in [5.41, 5.74) is -11.0. The topological polar surface area (TPSA) is 115 Å². The van der Waals surface area contributed by atoms with Gasteiger partial charge in [0.1, 0.15) is 5.75 Å². The van der Waals surface area contributed by atoms with Crippen molar-refractivity contribution in [2.75, 3.05) is 0 Å². The number of fused-ring (bicyclic) bond motifs is 1. The Bertz CT molecular complexity index is 950. The Balaban J connectivity index is 0.000000290. The molecule has 0 heterocycles. The largest absolute Gasteiger partial charge is 0.524 e. The van der Waals surface area contributed by atoms with E-state index < -0.39 is 31.3 Å². The summed E-state index contributed by atoms with van der Waals surface area (Å²) in [5, 5.41) is 9.29. The fraction of sp³-hybridized carbons (Fsp3) is 0.500. The number of aryl methyl sites for hydroxylation is 1. The standard InChI is InChI=1S/C12H14O2.C2F6O5S2/c1-12(2)6-5-8-7-9(13)3-4-10(8)11(12)14;3-1(4,5)14(9,10)13-15(11,12)2(6,7)8/h3-4,7,13H,5-6H2,1-2H3;. The van der Waals surface area contributed by atoms with E-state index in [1.165, 1.54) is 0 Å². The van der Waals surface area contributed by atoms with E-state index in [1.54, 1.807) is 18.2 Å². The highest BCUT2D eigenvalue weighted by Gasteiger charge is 2.57. The molecule has 1 N–H and O–H groups in total. The summed E-state index contributed by atoms with van der Waals surface area (Å²) in [7, 11) is -13.7. The van der Waals surface area contributed by atoms with Crippen LogP contribution in [0.15, 0.2) is 18.2 Å². The van der Waals surface area contributed by atoms with Gasteiger partial charge in [-0.25, -0.2) is 0 Å². The smallest absolute Gasteiger partial charge is 0.508 e. The minimum absolute atomic E-state index is 0.193. The third-order valence-electron chi connectivity index (χ3n) is 3.71. The quantitative estimate of drug-likeness (QED) is 0.519. The van der Waals surface area contributed by atoms with Crippen LogP contribution in [0.4, 0.5) is 26.3 Å².